The molecule has 0 aromatic rings. The SMILES string of the molecule is C=C/C=C\C(=C)OC(=C)/C=C\CC=C.CC.CC.CC.CC. The zero-order valence-corrected chi connectivity index (χ0v) is 16.4. The van der Waals surface area contributed by atoms with E-state index in [4.69, 9.17) is 4.74 Å². The maximum Gasteiger partial charge on any atom is 0.120 e. The summed E-state index contributed by atoms with van der Waals surface area (Å²) < 4.78 is 5.25. The molecule has 0 aromatic heterocycles. The first kappa shape index (κ1) is 32.3. The van der Waals surface area contributed by atoms with Gasteiger partial charge in [-0.25, -0.2) is 0 Å². The highest BCUT2D eigenvalue weighted by Crippen LogP contribution is 2.05. The van der Waals surface area contributed by atoms with Gasteiger partial charge in [-0.1, -0.05) is 99.4 Å². The summed E-state index contributed by atoms with van der Waals surface area (Å²) in [6, 6.07) is 0. The van der Waals surface area contributed by atoms with E-state index in [9.17, 15) is 0 Å². The minimum atomic E-state index is 0.540. The standard InChI is InChI=1S/C13H16O.4C2H6/c1-5-7-9-11-13(4)14-12(3)10-8-6-2;4*1-2/h5-6,8-11H,1-4,7H2;4*1-2H3/b10-8-,11-9-;;;;. The Morgan fingerprint density at radius 3 is 1.55 bits per heavy atom. The lowest BCUT2D eigenvalue weighted by molar-refractivity contribution is 0.340. The Morgan fingerprint density at radius 1 is 0.773 bits per heavy atom. The fourth-order valence-electron chi connectivity index (χ4n) is 0.708. The van der Waals surface area contributed by atoms with Crippen LogP contribution in [0.4, 0.5) is 0 Å². The second kappa shape index (κ2) is 42.7. The van der Waals surface area contributed by atoms with Crippen molar-refractivity contribution in [1.29, 1.82) is 0 Å². The lowest BCUT2D eigenvalue weighted by atomic mass is 10.3. The Balaban J connectivity index is -0.000000103. The molecule has 0 aromatic carbocycles. The van der Waals surface area contributed by atoms with E-state index in [0.717, 1.165) is 6.42 Å². The van der Waals surface area contributed by atoms with Gasteiger partial charge in [0.15, 0.2) is 0 Å². The number of rotatable bonds is 7. The maximum absolute atomic E-state index is 5.25. The molecule has 22 heavy (non-hydrogen) atoms. The fraction of sp³-hybridized carbons (Fsp3) is 0.429. The molecule has 0 fully saturated rings. The predicted octanol–water partition coefficient (Wildman–Crippen LogP) is 8.01. The van der Waals surface area contributed by atoms with Crippen molar-refractivity contribution in [3.8, 4) is 0 Å². The number of hydrogen-bond acceptors (Lipinski definition) is 1. The quantitative estimate of drug-likeness (QED) is 0.263. The Hall–Kier alpha value is -1.76. The third kappa shape index (κ3) is 42.9. The fourth-order valence-corrected chi connectivity index (χ4v) is 0.708. The number of ether oxygens (including phenoxy) is 1. The molecule has 0 rings (SSSR count). The van der Waals surface area contributed by atoms with Crippen LogP contribution in [-0.2, 0) is 4.74 Å². The Labute approximate surface area is 141 Å². The van der Waals surface area contributed by atoms with Gasteiger partial charge in [0.1, 0.15) is 11.5 Å². The van der Waals surface area contributed by atoms with Crippen LogP contribution in [0.1, 0.15) is 61.8 Å². The van der Waals surface area contributed by atoms with Gasteiger partial charge in [-0.3, -0.25) is 0 Å². The van der Waals surface area contributed by atoms with Crippen molar-refractivity contribution in [3.63, 3.8) is 0 Å². The molecule has 0 N–H and O–H groups in total. The van der Waals surface area contributed by atoms with Crippen LogP contribution in [0.15, 0.2) is 74.3 Å². The Bertz CT molecular complexity index is 280. The van der Waals surface area contributed by atoms with Crippen molar-refractivity contribution in [2.75, 3.05) is 0 Å². The molecule has 0 aliphatic heterocycles. The van der Waals surface area contributed by atoms with Crippen molar-refractivity contribution in [1.82, 2.24) is 0 Å². The molecule has 0 atom stereocenters. The smallest absolute Gasteiger partial charge is 0.120 e. The van der Waals surface area contributed by atoms with Crippen molar-refractivity contribution < 1.29 is 4.74 Å². The molecular weight excluding hydrogens is 268 g/mol. The van der Waals surface area contributed by atoms with E-state index < -0.39 is 0 Å². The van der Waals surface area contributed by atoms with Crippen LogP contribution in [0.25, 0.3) is 0 Å². The third-order valence-corrected chi connectivity index (χ3v) is 1.29. The van der Waals surface area contributed by atoms with E-state index in [1.54, 1.807) is 30.4 Å². The van der Waals surface area contributed by atoms with Crippen LogP contribution in [0, 0.1) is 0 Å². The molecule has 0 radical (unpaired) electrons. The van der Waals surface area contributed by atoms with Gasteiger partial charge in [-0.2, -0.15) is 0 Å². The minimum absolute atomic E-state index is 0.540. The first-order valence-corrected chi connectivity index (χ1v) is 8.33. The lowest BCUT2D eigenvalue weighted by Gasteiger charge is -2.03. The highest BCUT2D eigenvalue weighted by Gasteiger charge is 1.89. The second-order valence-corrected chi connectivity index (χ2v) is 2.56. The highest BCUT2D eigenvalue weighted by molar-refractivity contribution is 5.18. The van der Waals surface area contributed by atoms with Gasteiger partial charge in [0, 0.05) is 0 Å². The molecule has 1 nitrogen and oxygen atoms in total. The first-order chi connectivity index (χ1) is 10.7. The molecule has 130 valence electrons. The zero-order chi connectivity index (χ0) is 18.8. The van der Waals surface area contributed by atoms with Gasteiger partial charge >= 0.3 is 0 Å². The lowest BCUT2D eigenvalue weighted by Crippen LogP contribution is -1.84. The number of allylic oxidation sites excluding steroid dienone is 6. The largest absolute Gasteiger partial charge is 0.459 e. The molecular formula is C21H40O. The monoisotopic (exact) mass is 308 g/mol. The van der Waals surface area contributed by atoms with Crippen molar-refractivity contribution in [2.24, 2.45) is 0 Å². The average Bonchev–Trinajstić information content (AvgIpc) is 2.60. The van der Waals surface area contributed by atoms with Crippen LogP contribution in [0.5, 0.6) is 0 Å². The zero-order valence-electron chi connectivity index (χ0n) is 16.4. The summed E-state index contributed by atoms with van der Waals surface area (Å²) in [4.78, 5) is 0. The summed E-state index contributed by atoms with van der Waals surface area (Å²) in [5, 5.41) is 0. The first-order valence-electron chi connectivity index (χ1n) is 8.33. The highest BCUT2D eigenvalue weighted by atomic mass is 16.5. The molecule has 0 aliphatic carbocycles. The molecule has 0 aliphatic rings. The predicted molar refractivity (Wildman–Crippen MR) is 108 cm³/mol. The number of hydrogen-bond donors (Lipinski definition) is 0. The average molecular weight is 309 g/mol. The van der Waals surface area contributed by atoms with E-state index in [-0.39, 0.29) is 0 Å². The van der Waals surface area contributed by atoms with Crippen LogP contribution < -0.4 is 0 Å². The summed E-state index contributed by atoms with van der Waals surface area (Å²) >= 11 is 0. The van der Waals surface area contributed by atoms with Gasteiger partial charge in [0.25, 0.3) is 0 Å². The van der Waals surface area contributed by atoms with E-state index in [1.165, 1.54) is 0 Å². The summed E-state index contributed by atoms with van der Waals surface area (Å²) in [5.74, 6) is 1.10. The van der Waals surface area contributed by atoms with Crippen LogP contribution in [-0.4, -0.2) is 0 Å². The van der Waals surface area contributed by atoms with E-state index in [2.05, 4.69) is 26.3 Å². The molecule has 0 saturated heterocycles. The normalized spacial score (nSPS) is 7.64. The molecule has 0 unspecified atom stereocenters. The summed E-state index contributed by atoms with van der Waals surface area (Å²) in [6.45, 7) is 30.5. The second-order valence-electron chi connectivity index (χ2n) is 2.56. The van der Waals surface area contributed by atoms with E-state index in [0.29, 0.717) is 11.5 Å². The van der Waals surface area contributed by atoms with Crippen molar-refractivity contribution >= 4 is 0 Å². The summed E-state index contributed by atoms with van der Waals surface area (Å²) in [7, 11) is 0. The topological polar surface area (TPSA) is 9.23 Å². The molecule has 0 amide bonds. The van der Waals surface area contributed by atoms with Gasteiger partial charge in [-0.15, -0.1) is 6.58 Å². The Kier molecular flexibility index (Phi) is 62.6. The molecule has 1 heteroatoms. The van der Waals surface area contributed by atoms with Crippen LogP contribution in [0.2, 0.25) is 0 Å². The maximum atomic E-state index is 5.25. The molecule has 0 spiro atoms. The molecule has 0 bridgehead atoms. The third-order valence-electron chi connectivity index (χ3n) is 1.29. The van der Waals surface area contributed by atoms with Gasteiger partial charge in [0.2, 0.25) is 0 Å². The van der Waals surface area contributed by atoms with Crippen molar-refractivity contribution in [2.45, 2.75) is 61.8 Å². The summed E-state index contributed by atoms with van der Waals surface area (Å²) in [6.07, 6.45) is 11.4. The van der Waals surface area contributed by atoms with E-state index in [1.807, 2.05) is 61.5 Å². The van der Waals surface area contributed by atoms with Gasteiger partial charge < -0.3 is 4.74 Å². The molecule has 0 heterocycles. The summed E-state index contributed by atoms with van der Waals surface area (Å²) in [5.41, 5.74) is 0. The van der Waals surface area contributed by atoms with Crippen LogP contribution >= 0.6 is 0 Å². The van der Waals surface area contributed by atoms with Gasteiger partial charge in [-0.05, 0) is 18.6 Å². The van der Waals surface area contributed by atoms with E-state index >= 15 is 0 Å². The van der Waals surface area contributed by atoms with Crippen molar-refractivity contribution in [3.05, 3.63) is 74.3 Å². The van der Waals surface area contributed by atoms with Crippen LogP contribution in [0.3, 0.4) is 0 Å². The molecule has 0 saturated carbocycles. The van der Waals surface area contributed by atoms with Gasteiger partial charge in [0.05, 0.1) is 0 Å². The minimum Gasteiger partial charge on any atom is -0.459 e. The Morgan fingerprint density at radius 2 is 1.18 bits per heavy atom.